The van der Waals surface area contributed by atoms with E-state index in [1.165, 1.54) is 5.69 Å². The highest BCUT2D eigenvalue weighted by Gasteiger charge is 2.22. The Morgan fingerprint density at radius 1 is 1.56 bits per heavy atom. The van der Waals surface area contributed by atoms with Crippen LogP contribution in [0.4, 0.5) is 0 Å². The molecule has 2 rings (SSSR count). The standard InChI is InChI=1S/C11H18N4O/c1-14-7-9(3-4-11(14)16)13-6-10-5-12-8-15(10)2/h5,8-9,13H,3-4,6-7H2,1-2H3. The number of likely N-dealkylation sites (tertiary alicyclic amines) is 1. The van der Waals surface area contributed by atoms with Crippen molar-refractivity contribution in [2.24, 2.45) is 7.05 Å². The minimum atomic E-state index is 0.249. The van der Waals surface area contributed by atoms with Gasteiger partial charge in [-0.15, -0.1) is 0 Å². The highest BCUT2D eigenvalue weighted by molar-refractivity contribution is 5.76. The van der Waals surface area contributed by atoms with E-state index in [4.69, 9.17) is 0 Å². The number of piperidine rings is 1. The van der Waals surface area contributed by atoms with Crippen LogP contribution in [0.2, 0.25) is 0 Å². The van der Waals surface area contributed by atoms with Gasteiger partial charge >= 0.3 is 0 Å². The zero-order valence-electron chi connectivity index (χ0n) is 9.81. The van der Waals surface area contributed by atoms with Gasteiger partial charge in [-0.1, -0.05) is 0 Å². The molecule has 16 heavy (non-hydrogen) atoms. The largest absolute Gasteiger partial charge is 0.344 e. The van der Waals surface area contributed by atoms with E-state index in [9.17, 15) is 4.79 Å². The Hall–Kier alpha value is -1.36. The summed E-state index contributed by atoms with van der Waals surface area (Å²) in [5, 5.41) is 3.46. The maximum absolute atomic E-state index is 11.3. The lowest BCUT2D eigenvalue weighted by Gasteiger charge is -2.30. The third-order valence-corrected chi connectivity index (χ3v) is 3.11. The van der Waals surface area contributed by atoms with Gasteiger partial charge in [-0.05, 0) is 6.42 Å². The fraction of sp³-hybridized carbons (Fsp3) is 0.636. The third kappa shape index (κ3) is 2.41. The van der Waals surface area contributed by atoms with Gasteiger partial charge < -0.3 is 14.8 Å². The van der Waals surface area contributed by atoms with E-state index < -0.39 is 0 Å². The zero-order valence-corrected chi connectivity index (χ0v) is 9.81. The van der Waals surface area contributed by atoms with Crippen LogP contribution in [0.15, 0.2) is 12.5 Å². The Kier molecular flexibility index (Phi) is 3.24. The quantitative estimate of drug-likeness (QED) is 0.791. The summed E-state index contributed by atoms with van der Waals surface area (Å²) in [7, 11) is 3.85. The predicted molar refractivity (Wildman–Crippen MR) is 60.7 cm³/mol. The number of nitrogens with one attached hydrogen (secondary N) is 1. The minimum Gasteiger partial charge on any atom is -0.344 e. The maximum Gasteiger partial charge on any atom is 0.222 e. The number of imidazole rings is 1. The van der Waals surface area contributed by atoms with Crippen molar-refractivity contribution < 1.29 is 4.79 Å². The van der Waals surface area contributed by atoms with Gasteiger partial charge in [0.1, 0.15) is 0 Å². The Labute approximate surface area is 95.5 Å². The number of carbonyl (C=O) groups excluding carboxylic acids is 1. The van der Waals surface area contributed by atoms with E-state index in [1.807, 2.05) is 24.9 Å². The number of hydrogen-bond acceptors (Lipinski definition) is 3. The van der Waals surface area contributed by atoms with Crippen LogP contribution in [0.5, 0.6) is 0 Å². The van der Waals surface area contributed by atoms with Crippen molar-refractivity contribution in [3.8, 4) is 0 Å². The number of aromatic nitrogens is 2. The van der Waals surface area contributed by atoms with Crippen LogP contribution in [0.25, 0.3) is 0 Å². The molecule has 5 heteroatoms. The molecule has 88 valence electrons. The summed E-state index contributed by atoms with van der Waals surface area (Å²) in [5.74, 6) is 0.249. The molecule has 0 radical (unpaired) electrons. The molecular weight excluding hydrogens is 204 g/mol. The number of amides is 1. The van der Waals surface area contributed by atoms with Crippen LogP contribution in [0.3, 0.4) is 0 Å². The molecule has 0 aromatic carbocycles. The molecule has 1 unspecified atom stereocenters. The molecule has 0 spiro atoms. The Balaban J connectivity index is 1.83. The van der Waals surface area contributed by atoms with E-state index >= 15 is 0 Å². The molecule has 1 atom stereocenters. The SMILES string of the molecule is CN1CC(NCc2cncn2C)CCC1=O. The van der Waals surface area contributed by atoms with Gasteiger partial charge in [-0.3, -0.25) is 4.79 Å². The summed E-state index contributed by atoms with van der Waals surface area (Å²) in [6.45, 7) is 1.61. The van der Waals surface area contributed by atoms with Crippen molar-refractivity contribution in [3.63, 3.8) is 0 Å². The van der Waals surface area contributed by atoms with Crippen molar-refractivity contribution in [1.29, 1.82) is 0 Å². The van der Waals surface area contributed by atoms with Crippen molar-refractivity contribution in [2.45, 2.75) is 25.4 Å². The van der Waals surface area contributed by atoms with Crippen LogP contribution in [0.1, 0.15) is 18.5 Å². The molecule has 1 saturated heterocycles. The number of rotatable bonds is 3. The van der Waals surface area contributed by atoms with Crippen LogP contribution < -0.4 is 5.32 Å². The monoisotopic (exact) mass is 222 g/mol. The van der Waals surface area contributed by atoms with Crippen LogP contribution >= 0.6 is 0 Å². The average molecular weight is 222 g/mol. The normalized spacial score (nSPS) is 21.5. The molecule has 5 nitrogen and oxygen atoms in total. The van der Waals surface area contributed by atoms with E-state index in [-0.39, 0.29) is 5.91 Å². The van der Waals surface area contributed by atoms with Crippen molar-refractivity contribution in [2.75, 3.05) is 13.6 Å². The fourth-order valence-electron chi connectivity index (χ4n) is 1.98. The maximum atomic E-state index is 11.3. The second-order valence-electron chi connectivity index (χ2n) is 4.39. The molecule has 1 amide bonds. The van der Waals surface area contributed by atoms with Gasteiger partial charge in [-0.25, -0.2) is 4.98 Å². The topological polar surface area (TPSA) is 50.2 Å². The van der Waals surface area contributed by atoms with E-state index in [2.05, 4.69) is 10.3 Å². The second kappa shape index (κ2) is 4.65. The third-order valence-electron chi connectivity index (χ3n) is 3.11. The molecule has 1 N–H and O–H groups in total. The van der Waals surface area contributed by atoms with E-state index in [0.29, 0.717) is 12.5 Å². The average Bonchev–Trinajstić information content (AvgIpc) is 2.66. The van der Waals surface area contributed by atoms with Crippen LogP contribution in [-0.4, -0.2) is 40.0 Å². The molecule has 1 aromatic rings. The van der Waals surface area contributed by atoms with Crippen molar-refractivity contribution in [1.82, 2.24) is 19.8 Å². The molecule has 1 aliphatic rings. The minimum absolute atomic E-state index is 0.249. The highest BCUT2D eigenvalue weighted by atomic mass is 16.2. The van der Waals surface area contributed by atoms with Crippen molar-refractivity contribution in [3.05, 3.63) is 18.2 Å². The molecule has 0 aliphatic carbocycles. The molecule has 0 saturated carbocycles. The smallest absolute Gasteiger partial charge is 0.222 e. The number of nitrogens with zero attached hydrogens (tertiary/aromatic N) is 3. The number of aryl methyl sites for hydroxylation is 1. The van der Waals surface area contributed by atoms with Crippen LogP contribution in [-0.2, 0) is 18.4 Å². The summed E-state index contributed by atoms with van der Waals surface area (Å²) in [6.07, 6.45) is 5.25. The molecule has 1 fully saturated rings. The molecule has 0 bridgehead atoms. The van der Waals surface area contributed by atoms with E-state index in [0.717, 1.165) is 19.5 Å². The van der Waals surface area contributed by atoms with E-state index in [1.54, 1.807) is 11.2 Å². The predicted octanol–water partition coefficient (Wildman–Crippen LogP) is 0.130. The first-order valence-electron chi connectivity index (χ1n) is 5.59. The summed E-state index contributed by atoms with van der Waals surface area (Å²) < 4.78 is 2.00. The molecule has 1 aromatic heterocycles. The van der Waals surface area contributed by atoms with Gasteiger partial charge in [0.25, 0.3) is 0 Å². The number of carbonyl (C=O) groups is 1. The van der Waals surface area contributed by atoms with Gasteiger partial charge in [-0.2, -0.15) is 0 Å². The molecular formula is C11H18N4O. The lowest BCUT2D eigenvalue weighted by atomic mass is 10.1. The lowest BCUT2D eigenvalue weighted by Crippen LogP contribution is -2.46. The first kappa shape index (κ1) is 11.1. The first-order chi connectivity index (χ1) is 7.66. The fourth-order valence-corrected chi connectivity index (χ4v) is 1.98. The summed E-state index contributed by atoms with van der Waals surface area (Å²) in [4.78, 5) is 17.2. The Morgan fingerprint density at radius 2 is 2.38 bits per heavy atom. The van der Waals surface area contributed by atoms with Crippen molar-refractivity contribution >= 4 is 5.91 Å². The summed E-state index contributed by atoms with van der Waals surface area (Å²) in [5.41, 5.74) is 1.17. The molecule has 2 heterocycles. The summed E-state index contributed by atoms with van der Waals surface area (Å²) in [6, 6.07) is 0.401. The van der Waals surface area contributed by atoms with Gasteiger partial charge in [0.2, 0.25) is 5.91 Å². The number of hydrogen-bond donors (Lipinski definition) is 1. The van der Waals surface area contributed by atoms with Gasteiger partial charge in [0.15, 0.2) is 0 Å². The van der Waals surface area contributed by atoms with Crippen LogP contribution in [0, 0.1) is 0 Å². The van der Waals surface area contributed by atoms with Gasteiger partial charge in [0, 0.05) is 45.8 Å². The second-order valence-corrected chi connectivity index (χ2v) is 4.39. The lowest BCUT2D eigenvalue weighted by molar-refractivity contribution is -0.132. The zero-order chi connectivity index (χ0) is 11.5. The van der Waals surface area contributed by atoms with Gasteiger partial charge in [0.05, 0.1) is 12.0 Å². The Bertz CT molecular complexity index is 374. The molecule has 1 aliphatic heterocycles. The number of likely N-dealkylation sites (N-methyl/N-ethyl adjacent to an activating group) is 1. The first-order valence-corrected chi connectivity index (χ1v) is 5.59. The Morgan fingerprint density at radius 3 is 3.00 bits per heavy atom. The summed E-state index contributed by atoms with van der Waals surface area (Å²) >= 11 is 0. The highest BCUT2D eigenvalue weighted by Crippen LogP contribution is 2.10.